The average Bonchev–Trinajstić information content (AvgIpc) is 3.45. The zero-order valence-electron chi connectivity index (χ0n) is 18.6. The van der Waals surface area contributed by atoms with Crippen molar-refractivity contribution in [2.75, 3.05) is 11.9 Å². The molecule has 3 N–H and O–H groups in total. The molecule has 0 unspecified atom stereocenters. The highest BCUT2D eigenvalue weighted by Gasteiger charge is 2.11. The number of guanidine groups is 1. The van der Waals surface area contributed by atoms with E-state index in [-0.39, 0.29) is 35.6 Å². The van der Waals surface area contributed by atoms with Crippen LogP contribution in [-0.2, 0) is 13.1 Å². The lowest BCUT2D eigenvalue weighted by Crippen LogP contribution is -2.36. The van der Waals surface area contributed by atoms with E-state index in [1.807, 2.05) is 49.4 Å². The van der Waals surface area contributed by atoms with Gasteiger partial charge in [-0.05, 0) is 49.7 Å². The molecule has 0 fully saturated rings. The molecular weight excluding hydrogens is 531 g/mol. The second-order valence-electron chi connectivity index (χ2n) is 7.33. The number of aryl methyl sites for hydroxylation is 1. The second kappa shape index (κ2) is 11.6. The summed E-state index contributed by atoms with van der Waals surface area (Å²) >= 11 is 0. The number of nitrogens with one attached hydrogen (secondary N) is 3. The molecular formula is C25H27IN4O3. The van der Waals surface area contributed by atoms with Crippen LogP contribution in [0.15, 0.2) is 80.8 Å². The average molecular weight is 558 g/mol. The first-order valence-corrected chi connectivity index (χ1v) is 10.6. The summed E-state index contributed by atoms with van der Waals surface area (Å²) in [7, 11) is 0. The van der Waals surface area contributed by atoms with E-state index in [9.17, 15) is 4.79 Å². The Balaban J connectivity index is 0.00000306. The zero-order chi connectivity index (χ0) is 22.3. The number of carbonyl (C=O) groups is 1. The standard InChI is InChI=1S/C25H26N4O3.HI/c1-3-26-25(28-16-23-17(2)20-10-4-5-11-21(20)32-23)27-15-18-8-6-9-19(14-18)29-24(30)22-12-7-13-31-22;/h4-14H,3,15-16H2,1-2H3,(H,29,30)(H2,26,27,28);1H. The smallest absolute Gasteiger partial charge is 0.291 e. The minimum absolute atomic E-state index is 0. The minimum atomic E-state index is -0.285. The van der Waals surface area contributed by atoms with Crippen LogP contribution in [0.2, 0.25) is 0 Å². The summed E-state index contributed by atoms with van der Waals surface area (Å²) in [4.78, 5) is 16.9. The molecule has 0 aliphatic carbocycles. The molecule has 0 saturated heterocycles. The third-order valence-corrected chi connectivity index (χ3v) is 5.05. The molecule has 2 aromatic carbocycles. The van der Waals surface area contributed by atoms with Gasteiger partial charge in [-0.2, -0.15) is 0 Å². The molecule has 8 heteroatoms. The van der Waals surface area contributed by atoms with E-state index in [4.69, 9.17) is 8.83 Å². The SMILES string of the molecule is CCNC(=NCc1cccc(NC(=O)c2ccco2)c1)NCc1oc2ccccc2c1C.I. The van der Waals surface area contributed by atoms with E-state index in [0.29, 0.717) is 24.7 Å². The molecule has 0 spiro atoms. The van der Waals surface area contributed by atoms with Gasteiger partial charge in [0.25, 0.3) is 5.91 Å². The minimum Gasteiger partial charge on any atom is -0.459 e. The molecule has 172 valence electrons. The Morgan fingerprint density at radius 2 is 1.88 bits per heavy atom. The molecule has 4 rings (SSSR count). The zero-order valence-corrected chi connectivity index (χ0v) is 20.9. The van der Waals surface area contributed by atoms with Crippen LogP contribution in [-0.4, -0.2) is 18.4 Å². The highest BCUT2D eigenvalue weighted by atomic mass is 127. The van der Waals surface area contributed by atoms with Crippen molar-refractivity contribution in [3.8, 4) is 0 Å². The number of fused-ring (bicyclic) bond motifs is 1. The van der Waals surface area contributed by atoms with Crippen molar-refractivity contribution in [2.24, 2.45) is 4.99 Å². The molecule has 0 atom stereocenters. The first-order chi connectivity index (χ1) is 15.6. The normalized spacial score (nSPS) is 11.2. The number of carbonyl (C=O) groups excluding carboxylic acids is 1. The molecule has 0 aliphatic heterocycles. The fourth-order valence-corrected chi connectivity index (χ4v) is 3.42. The number of furan rings is 2. The molecule has 7 nitrogen and oxygen atoms in total. The molecule has 0 aliphatic rings. The van der Waals surface area contributed by atoms with E-state index in [0.717, 1.165) is 34.4 Å². The Hall–Kier alpha value is -3.27. The van der Waals surface area contributed by atoms with Crippen LogP contribution in [0.3, 0.4) is 0 Å². The van der Waals surface area contributed by atoms with E-state index in [1.54, 1.807) is 12.1 Å². The van der Waals surface area contributed by atoms with E-state index < -0.39 is 0 Å². The first kappa shape index (κ1) is 24.4. The third-order valence-electron chi connectivity index (χ3n) is 5.05. The number of aliphatic imine (C=N–C) groups is 1. The van der Waals surface area contributed by atoms with Crippen LogP contribution in [0.5, 0.6) is 0 Å². The van der Waals surface area contributed by atoms with E-state index >= 15 is 0 Å². The Morgan fingerprint density at radius 3 is 2.64 bits per heavy atom. The number of para-hydroxylation sites is 1. The molecule has 4 aromatic rings. The van der Waals surface area contributed by atoms with E-state index in [1.165, 1.54) is 6.26 Å². The van der Waals surface area contributed by atoms with Crippen molar-refractivity contribution < 1.29 is 13.6 Å². The number of hydrogen-bond donors (Lipinski definition) is 3. The molecule has 2 heterocycles. The monoisotopic (exact) mass is 558 g/mol. The number of hydrogen-bond acceptors (Lipinski definition) is 4. The fourth-order valence-electron chi connectivity index (χ4n) is 3.42. The first-order valence-electron chi connectivity index (χ1n) is 10.6. The highest BCUT2D eigenvalue weighted by molar-refractivity contribution is 14.0. The van der Waals surface area contributed by atoms with Crippen LogP contribution in [0.25, 0.3) is 11.0 Å². The van der Waals surface area contributed by atoms with Crippen molar-refractivity contribution in [2.45, 2.75) is 26.9 Å². The highest BCUT2D eigenvalue weighted by Crippen LogP contribution is 2.24. The predicted molar refractivity (Wildman–Crippen MR) is 141 cm³/mol. The molecule has 2 aromatic heterocycles. The van der Waals surface area contributed by atoms with Crippen molar-refractivity contribution in [3.63, 3.8) is 0 Å². The third kappa shape index (κ3) is 6.16. The van der Waals surface area contributed by atoms with Gasteiger partial charge in [-0.25, -0.2) is 4.99 Å². The van der Waals surface area contributed by atoms with Crippen molar-refractivity contribution >= 4 is 52.5 Å². The van der Waals surface area contributed by atoms with Gasteiger partial charge in [-0.3, -0.25) is 4.79 Å². The van der Waals surface area contributed by atoms with Gasteiger partial charge in [0.2, 0.25) is 0 Å². The summed E-state index contributed by atoms with van der Waals surface area (Å²) in [5, 5.41) is 10.6. The van der Waals surface area contributed by atoms with Crippen LogP contribution >= 0.6 is 24.0 Å². The molecule has 0 radical (unpaired) electrons. The van der Waals surface area contributed by atoms with Gasteiger partial charge < -0.3 is 24.8 Å². The largest absolute Gasteiger partial charge is 0.459 e. The van der Waals surface area contributed by atoms with Crippen molar-refractivity contribution in [1.29, 1.82) is 0 Å². The summed E-state index contributed by atoms with van der Waals surface area (Å²) in [6, 6.07) is 18.9. The van der Waals surface area contributed by atoms with Gasteiger partial charge in [0, 0.05) is 23.2 Å². The van der Waals surface area contributed by atoms with Crippen LogP contribution in [0.1, 0.15) is 34.4 Å². The summed E-state index contributed by atoms with van der Waals surface area (Å²) in [5.74, 6) is 1.57. The molecule has 0 saturated carbocycles. The number of halogens is 1. The van der Waals surface area contributed by atoms with Crippen LogP contribution in [0.4, 0.5) is 5.69 Å². The number of anilines is 1. The van der Waals surface area contributed by atoms with Gasteiger partial charge >= 0.3 is 0 Å². The molecule has 0 bridgehead atoms. The number of amides is 1. The van der Waals surface area contributed by atoms with E-state index in [2.05, 4.69) is 33.9 Å². The van der Waals surface area contributed by atoms with Crippen molar-refractivity contribution in [1.82, 2.24) is 10.6 Å². The molecule has 33 heavy (non-hydrogen) atoms. The van der Waals surface area contributed by atoms with Gasteiger partial charge in [-0.1, -0.05) is 30.3 Å². The van der Waals surface area contributed by atoms with Gasteiger partial charge in [-0.15, -0.1) is 24.0 Å². The Bertz CT molecular complexity index is 1230. The van der Waals surface area contributed by atoms with Gasteiger partial charge in [0.1, 0.15) is 11.3 Å². The molecule has 1 amide bonds. The lowest BCUT2D eigenvalue weighted by molar-refractivity contribution is 0.0996. The maximum absolute atomic E-state index is 12.2. The van der Waals surface area contributed by atoms with Gasteiger partial charge in [0.15, 0.2) is 11.7 Å². The number of rotatable bonds is 7. The summed E-state index contributed by atoms with van der Waals surface area (Å²) in [6.07, 6.45) is 1.47. The number of nitrogens with zero attached hydrogens (tertiary/aromatic N) is 1. The topological polar surface area (TPSA) is 91.8 Å². The lowest BCUT2D eigenvalue weighted by atomic mass is 10.1. The Kier molecular flexibility index (Phi) is 8.53. The fraction of sp³-hybridized carbons (Fsp3) is 0.200. The quantitative estimate of drug-likeness (QED) is 0.159. The van der Waals surface area contributed by atoms with Crippen LogP contribution < -0.4 is 16.0 Å². The maximum Gasteiger partial charge on any atom is 0.291 e. The Labute approximate surface area is 209 Å². The lowest BCUT2D eigenvalue weighted by Gasteiger charge is -2.11. The summed E-state index contributed by atoms with van der Waals surface area (Å²) < 4.78 is 11.1. The second-order valence-corrected chi connectivity index (χ2v) is 7.33. The predicted octanol–water partition coefficient (Wildman–Crippen LogP) is 5.46. The Morgan fingerprint density at radius 1 is 1.03 bits per heavy atom. The summed E-state index contributed by atoms with van der Waals surface area (Å²) in [5.41, 5.74) is 3.68. The van der Waals surface area contributed by atoms with Gasteiger partial charge in [0.05, 0.1) is 19.4 Å². The summed E-state index contributed by atoms with van der Waals surface area (Å²) in [6.45, 7) is 5.82. The van der Waals surface area contributed by atoms with Crippen LogP contribution in [0, 0.1) is 6.92 Å². The van der Waals surface area contributed by atoms with Crippen molar-refractivity contribution in [3.05, 3.63) is 89.6 Å². The maximum atomic E-state index is 12.2. The number of benzene rings is 2.